The summed E-state index contributed by atoms with van der Waals surface area (Å²) >= 11 is 0. The summed E-state index contributed by atoms with van der Waals surface area (Å²) in [6, 6.07) is 7.52. The van der Waals surface area contributed by atoms with Crippen LogP contribution < -0.4 is 5.32 Å². The van der Waals surface area contributed by atoms with Crippen LogP contribution in [0.4, 0.5) is 0 Å². The Bertz CT molecular complexity index is 399. The smallest absolute Gasteiger partial charge is 0.154 e. The van der Waals surface area contributed by atoms with Gasteiger partial charge in [-0.25, -0.2) is 0 Å². The number of aromatic hydroxyl groups is 1. The summed E-state index contributed by atoms with van der Waals surface area (Å²) in [5, 5.41) is 12.5. The fourth-order valence-corrected chi connectivity index (χ4v) is 2.32. The van der Waals surface area contributed by atoms with Gasteiger partial charge in [0.25, 0.3) is 0 Å². The lowest BCUT2D eigenvalue weighted by Gasteiger charge is -2.11. The van der Waals surface area contributed by atoms with Crippen molar-refractivity contribution in [1.29, 1.82) is 0 Å². The molecule has 1 heterocycles. The minimum Gasteiger partial charge on any atom is -0.508 e. The van der Waals surface area contributed by atoms with Crippen LogP contribution in [0.25, 0.3) is 0 Å². The second kappa shape index (κ2) is 3.07. The maximum atomic E-state index is 11.7. The highest BCUT2D eigenvalue weighted by atomic mass is 16.3. The molecule has 1 aliphatic carbocycles. The summed E-state index contributed by atoms with van der Waals surface area (Å²) in [6.07, 6.45) is 1.77. The highest BCUT2D eigenvalue weighted by Gasteiger charge is 2.52. The van der Waals surface area contributed by atoms with Crippen molar-refractivity contribution in [3.63, 3.8) is 0 Å². The second-order valence-corrected chi connectivity index (χ2v) is 4.44. The Morgan fingerprint density at radius 1 is 1.33 bits per heavy atom. The number of fused-ring (bicyclic) bond motifs is 1. The van der Waals surface area contributed by atoms with Crippen LogP contribution in [-0.2, 0) is 11.2 Å². The molecule has 2 aliphatic rings. The number of Topliss-reactive ketones (excluding diaryl/α,β-unsaturated/α-hetero) is 1. The van der Waals surface area contributed by atoms with E-state index in [1.54, 1.807) is 12.1 Å². The number of piperidine rings is 1. The molecule has 2 fully saturated rings. The Morgan fingerprint density at radius 2 is 2.07 bits per heavy atom. The van der Waals surface area contributed by atoms with Gasteiger partial charge in [-0.1, -0.05) is 12.1 Å². The summed E-state index contributed by atoms with van der Waals surface area (Å²) in [7, 11) is 0. The number of benzene rings is 1. The molecule has 0 bridgehead atoms. The van der Waals surface area contributed by atoms with Crippen molar-refractivity contribution in [1.82, 2.24) is 5.32 Å². The predicted molar refractivity (Wildman–Crippen MR) is 55.6 cm³/mol. The standard InChI is InChI=1S/C12H13NO2/c14-8-3-1-7(2-4-8)5-11-12(15)9-6-10(9)13-11/h1-4,9-11,13-14H,5-6H2/t9-,10-,11-/m0/s1. The number of rotatable bonds is 2. The molecule has 1 saturated heterocycles. The molecular weight excluding hydrogens is 190 g/mol. The maximum Gasteiger partial charge on any atom is 0.154 e. The molecule has 3 atom stereocenters. The Hall–Kier alpha value is -1.35. The van der Waals surface area contributed by atoms with Crippen LogP contribution in [0.2, 0.25) is 0 Å². The third-order valence-electron chi connectivity index (χ3n) is 3.29. The number of hydrogen-bond acceptors (Lipinski definition) is 3. The van der Waals surface area contributed by atoms with E-state index in [0.717, 1.165) is 18.4 Å². The van der Waals surface area contributed by atoms with Crippen molar-refractivity contribution in [3.8, 4) is 5.75 Å². The van der Waals surface area contributed by atoms with Crippen molar-refractivity contribution in [2.75, 3.05) is 0 Å². The number of phenols is 1. The number of carbonyl (C=O) groups is 1. The third kappa shape index (κ3) is 1.53. The first kappa shape index (κ1) is 8.92. The second-order valence-electron chi connectivity index (χ2n) is 4.44. The molecule has 0 amide bonds. The first-order valence-corrected chi connectivity index (χ1v) is 5.32. The molecule has 1 saturated carbocycles. The van der Waals surface area contributed by atoms with Crippen LogP contribution in [0.1, 0.15) is 12.0 Å². The molecule has 0 spiro atoms. The zero-order valence-corrected chi connectivity index (χ0v) is 8.31. The van der Waals surface area contributed by atoms with Gasteiger partial charge in [0, 0.05) is 12.0 Å². The Kier molecular flexibility index (Phi) is 1.83. The van der Waals surface area contributed by atoms with E-state index in [2.05, 4.69) is 5.32 Å². The van der Waals surface area contributed by atoms with Gasteiger partial charge in [0.2, 0.25) is 0 Å². The molecule has 1 aromatic carbocycles. The van der Waals surface area contributed by atoms with Gasteiger partial charge < -0.3 is 10.4 Å². The van der Waals surface area contributed by atoms with E-state index in [9.17, 15) is 4.79 Å². The first-order chi connectivity index (χ1) is 7.24. The van der Waals surface area contributed by atoms with Gasteiger partial charge >= 0.3 is 0 Å². The van der Waals surface area contributed by atoms with E-state index in [4.69, 9.17) is 5.11 Å². The topological polar surface area (TPSA) is 49.3 Å². The fraction of sp³-hybridized carbons (Fsp3) is 0.417. The van der Waals surface area contributed by atoms with Crippen molar-refractivity contribution in [2.24, 2.45) is 5.92 Å². The Labute approximate surface area is 88.1 Å². The number of hydrogen-bond donors (Lipinski definition) is 2. The van der Waals surface area contributed by atoms with Crippen molar-refractivity contribution < 1.29 is 9.90 Å². The summed E-state index contributed by atoms with van der Waals surface area (Å²) in [4.78, 5) is 11.7. The average Bonchev–Trinajstić information content (AvgIpc) is 2.93. The molecule has 3 rings (SSSR count). The van der Waals surface area contributed by atoms with Crippen molar-refractivity contribution in [2.45, 2.75) is 24.9 Å². The molecule has 1 aromatic rings. The minimum atomic E-state index is -0.00158. The Morgan fingerprint density at radius 3 is 2.67 bits per heavy atom. The molecule has 0 radical (unpaired) electrons. The summed E-state index contributed by atoms with van der Waals surface area (Å²) in [6.45, 7) is 0. The monoisotopic (exact) mass is 203 g/mol. The molecule has 1 aliphatic heterocycles. The van der Waals surface area contributed by atoms with E-state index < -0.39 is 0 Å². The molecule has 2 N–H and O–H groups in total. The van der Waals surface area contributed by atoms with Gasteiger partial charge in [0.1, 0.15) is 5.75 Å². The molecule has 0 aromatic heterocycles. The lowest BCUT2D eigenvalue weighted by molar-refractivity contribution is -0.120. The van der Waals surface area contributed by atoms with Gasteiger partial charge in [-0.15, -0.1) is 0 Å². The molecule has 3 nitrogen and oxygen atoms in total. The van der Waals surface area contributed by atoms with E-state index in [1.807, 2.05) is 12.1 Å². The first-order valence-electron chi connectivity index (χ1n) is 5.32. The van der Waals surface area contributed by atoms with Gasteiger partial charge in [0.15, 0.2) is 5.78 Å². The van der Waals surface area contributed by atoms with Crippen molar-refractivity contribution in [3.05, 3.63) is 29.8 Å². The van der Waals surface area contributed by atoms with Gasteiger partial charge in [-0.3, -0.25) is 4.79 Å². The van der Waals surface area contributed by atoms with E-state index >= 15 is 0 Å². The van der Waals surface area contributed by atoms with Gasteiger partial charge in [-0.2, -0.15) is 0 Å². The van der Waals surface area contributed by atoms with E-state index in [0.29, 0.717) is 17.7 Å². The quantitative estimate of drug-likeness (QED) is 0.749. The molecule has 15 heavy (non-hydrogen) atoms. The van der Waals surface area contributed by atoms with Gasteiger partial charge in [0.05, 0.1) is 6.04 Å². The van der Waals surface area contributed by atoms with Crippen molar-refractivity contribution >= 4 is 5.78 Å². The summed E-state index contributed by atoms with van der Waals surface area (Å²) < 4.78 is 0. The molecular formula is C12H13NO2. The van der Waals surface area contributed by atoms with Crippen LogP contribution in [0.15, 0.2) is 24.3 Å². The SMILES string of the molecule is O=C1[C@H](Cc2ccc(O)cc2)N[C@H]2C[C@H]12. The minimum absolute atomic E-state index is 0.00158. The lowest BCUT2D eigenvalue weighted by Crippen LogP contribution is -2.33. The Balaban J connectivity index is 1.70. The van der Waals surface area contributed by atoms with E-state index in [-0.39, 0.29) is 11.8 Å². The number of carbonyl (C=O) groups excluding carboxylic acids is 1. The zero-order chi connectivity index (χ0) is 10.4. The maximum absolute atomic E-state index is 11.7. The lowest BCUT2D eigenvalue weighted by atomic mass is 10.0. The average molecular weight is 203 g/mol. The molecule has 0 unspecified atom stereocenters. The van der Waals surface area contributed by atoms with Gasteiger partial charge in [-0.05, 0) is 30.5 Å². The summed E-state index contributed by atoms with van der Waals surface area (Å²) in [5.74, 6) is 0.937. The summed E-state index contributed by atoms with van der Waals surface area (Å²) in [5.41, 5.74) is 1.10. The highest BCUT2D eigenvalue weighted by Crippen LogP contribution is 2.38. The van der Waals surface area contributed by atoms with Crippen LogP contribution in [0.5, 0.6) is 5.75 Å². The predicted octanol–water partition coefficient (Wildman–Crippen LogP) is 0.864. The van der Waals surface area contributed by atoms with Crippen LogP contribution in [0, 0.1) is 5.92 Å². The highest BCUT2D eigenvalue weighted by molar-refractivity contribution is 5.92. The van der Waals surface area contributed by atoms with E-state index in [1.165, 1.54) is 0 Å². The normalized spacial score (nSPS) is 32.8. The number of ketones is 1. The largest absolute Gasteiger partial charge is 0.508 e. The molecule has 78 valence electrons. The van der Waals surface area contributed by atoms with Crippen LogP contribution in [0.3, 0.4) is 0 Å². The third-order valence-corrected chi connectivity index (χ3v) is 3.29. The molecule has 3 heteroatoms. The van der Waals surface area contributed by atoms with Crippen LogP contribution >= 0.6 is 0 Å². The zero-order valence-electron chi connectivity index (χ0n) is 8.31. The number of nitrogens with one attached hydrogen (secondary N) is 1. The fourth-order valence-electron chi connectivity index (χ4n) is 2.32. The van der Waals surface area contributed by atoms with Crippen LogP contribution in [-0.4, -0.2) is 23.0 Å². The number of phenolic OH excluding ortho intramolecular Hbond substituents is 1.